The SMILES string of the molecule is Cc1c(Cl)cccc1N1C(=O)C(=Cc2cn(CC(=O)Nc3ccccc3)c3ccccc23)C(=O)NC1=S. The van der Waals surface area contributed by atoms with E-state index in [4.69, 9.17) is 23.8 Å². The van der Waals surface area contributed by atoms with Gasteiger partial charge in [-0.1, -0.05) is 54.1 Å². The van der Waals surface area contributed by atoms with Crippen LogP contribution in [0.5, 0.6) is 0 Å². The first kappa shape index (κ1) is 24.4. The summed E-state index contributed by atoms with van der Waals surface area (Å²) >= 11 is 11.6. The molecule has 9 heteroatoms. The van der Waals surface area contributed by atoms with Gasteiger partial charge in [-0.05, 0) is 61.1 Å². The molecule has 0 aliphatic carbocycles. The van der Waals surface area contributed by atoms with E-state index in [-0.39, 0.29) is 23.1 Å². The Hall–Kier alpha value is -4.27. The van der Waals surface area contributed by atoms with E-state index < -0.39 is 11.8 Å². The van der Waals surface area contributed by atoms with Crippen LogP contribution < -0.4 is 15.5 Å². The van der Waals surface area contributed by atoms with E-state index in [9.17, 15) is 14.4 Å². The van der Waals surface area contributed by atoms with Crippen LogP contribution in [0, 0.1) is 6.92 Å². The zero-order valence-electron chi connectivity index (χ0n) is 19.7. The maximum absolute atomic E-state index is 13.5. The lowest BCUT2D eigenvalue weighted by Crippen LogP contribution is -2.54. The first-order chi connectivity index (χ1) is 17.8. The first-order valence-corrected chi connectivity index (χ1v) is 12.2. The number of fused-ring (bicyclic) bond motifs is 1. The third kappa shape index (κ3) is 4.76. The minimum absolute atomic E-state index is 0.0162. The Kier molecular flexibility index (Phi) is 6.60. The second kappa shape index (κ2) is 10.0. The number of thiocarbonyl (C=S) groups is 1. The van der Waals surface area contributed by atoms with Crippen molar-refractivity contribution in [3.8, 4) is 0 Å². The maximum atomic E-state index is 13.5. The summed E-state index contributed by atoms with van der Waals surface area (Å²) in [7, 11) is 0. The third-order valence-electron chi connectivity index (χ3n) is 6.07. The van der Waals surface area contributed by atoms with Gasteiger partial charge in [-0.3, -0.25) is 24.6 Å². The van der Waals surface area contributed by atoms with Crippen molar-refractivity contribution in [1.29, 1.82) is 0 Å². The third-order valence-corrected chi connectivity index (χ3v) is 6.77. The Bertz CT molecular complexity index is 1610. The summed E-state index contributed by atoms with van der Waals surface area (Å²) < 4.78 is 1.79. The lowest BCUT2D eigenvalue weighted by Gasteiger charge is -2.30. The van der Waals surface area contributed by atoms with E-state index in [0.29, 0.717) is 27.5 Å². The number of amides is 3. The minimum Gasteiger partial charge on any atom is -0.337 e. The summed E-state index contributed by atoms with van der Waals surface area (Å²) in [5.74, 6) is -1.35. The molecular formula is C28H21ClN4O3S. The number of benzene rings is 3. The second-order valence-electron chi connectivity index (χ2n) is 8.49. The Balaban J connectivity index is 1.51. The highest BCUT2D eigenvalue weighted by molar-refractivity contribution is 7.80. The fourth-order valence-corrected chi connectivity index (χ4v) is 4.71. The van der Waals surface area contributed by atoms with Crippen molar-refractivity contribution >= 4 is 75.0 Å². The Morgan fingerprint density at radius 2 is 1.76 bits per heavy atom. The zero-order valence-corrected chi connectivity index (χ0v) is 21.3. The van der Waals surface area contributed by atoms with Gasteiger partial charge in [-0.2, -0.15) is 0 Å². The molecule has 2 N–H and O–H groups in total. The quantitative estimate of drug-likeness (QED) is 0.215. The molecule has 0 unspecified atom stereocenters. The van der Waals surface area contributed by atoms with Crippen LogP contribution in [0.2, 0.25) is 5.02 Å². The molecule has 1 fully saturated rings. The predicted octanol–water partition coefficient (Wildman–Crippen LogP) is 5.07. The zero-order chi connectivity index (χ0) is 26.1. The summed E-state index contributed by atoms with van der Waals surface area (Å²) in [5, 5.41) is 6.73. The number of aromatic nitrogens is 1. The van der Waals surface area contributed by atoms with Gasteiger partial charge in [0.2, 0.25) is 5.91 Å². The molecule has 1 aromatic heterocycles. The topological polar surface area (TPSA) is 83.4 Å². The van der Waals surface area contributed by atoms with Crippen LogP contribution in [0.15, 0.2) is 84.6 Å². The van der Waals surface area contributed by atoms with Gasteiger partial charge in [-0.25, -0.2) is 0 Å². The van der Waals surface area contributed by atoms with Gasteiger partial charge in [0.05, 0.1) is 5.69 Å². The standard InChI is InChI=1S/C28H21ClN4O3S/c1-17-22(29)11-7-13-23(17)33-27(36)21(26(35)31-28(33)37)14-18-15-32(24-12-6-5-10-20(18)24)16-25(34)30-19-8-3-2-4-9-19/h2-15H,16H2,1H3,(H,30,34)(H,31,35,37). The summed E-state index contributed by atoms with van der Waals surface area (Å²) in [5.41, 5.74) is 3.19. The van der Waals surface area contributed by atoms with Gasteiger partial charge in [0.15, 0.2) is 5.11 Å². The van der Waals surface area contributed by atoms with E-state index in [1.807, 2.05) is 54.6 Å². The number of carbonyl (C=O) groups excluding carboxylic acids is 3. The summed E-state index contributed by atoms with van der Waals surface area (Å²) in [6.07, 6.45) is 3.28. The summed E-state index contributed by atoms with van der Waals surface area (Å²) in [4.78, 5) is 40.4. The molecular weight excluding hydrogens is 508 g/mol. The number of hydrogen-bond acceptors (Lipinski definition) is 4. The van der Waals surface area contributed by atoms with Crippen LogP contribution in [0.4, 0.5) is 11.4 Å². The molecule has 0 radical (unpaired) electrons. The fourth-order valence-electron chi connectivity index (χ4n) is 4.27. The van der Waals surface area contributed by atoms with Crippen molar-refractivity contribution in [1.82, 2.24) is 9.88 Å². The van der Waals surface area contributed by atoms with Crippen LogP contribution in [-0.4, -0.2) is 27.4 Å². The van der Waals surface area contributed by atoms with Gasteiger partial charge in [0.1, 0.15) is 12.1 Å². The van der Waals surface area contributed by atoms with Crippen LogP contribution in [0.3, 0.4) is 0 Å². The molecule has 0 bridgehead atoms. The van der Waals surface area contributed by atoms with Crippen molar-refractivity contribution in [2.45, 2.75) is 13.5 Å². The van der Waals surface area contributed by atoms with Crippen LogP contribution in [0.25, 0.3) is 17.0 Å². The second-order valence-corrected chi connectivity index (χ2v) is 9.28. The average molecular weight is 529 g/mol. The molecule has 3 aromatic carbocycles. The van der Waals surface area contributed by atoms with E-state index in [1.165, 1.54) is 11.0 Å². The van der Waals surface area contributed by atoms with Crippen molar-refractivity contribution in [3.05, 3.63) is 101 Å². The highest BCUT2D eigenvalue weighted by Gasteiger charge is 2.35. The molecule has 37 heavy (non-hydrogen) atoms. The van der Waals surface area contributed by atoms with Gasteiger partial charge in [0.25, 0.3) is 11.8 Å². The maximum Gasteiger partial charge on any atom is 0.270 e. The number of anilines is 2. The van der Waals surface area contributed by atoms with E-state index in [2.05, 4.69) is 10.6 Å². The van der Waals surface area contributed by atoms with Crippen molar-refractivity contribution in [2.24, 2.45) is 0 Å². The van der Waals surface area contributed by atoms with E-state index in [0.717, 1.165) is 10.9 Å². The van der Waals surface area contributed by atoms with Crippen LogP contribution in [-0.2, 0) is 20.9 Å². The number of rotatable bonds is 5. The Morgan fingerprint density at radius 3 is 2.54 bits per heavy atom. The molecule has 0 saturated carbocycles. The number of nitrogens with zero attached hydrogens (tertiary/aromatic N) is 2. The summed E-state index contributed by atoms with van der Waals surface area (Å²) in [6.45, 7) is 1.83. The first-order valence-electron chi connectivity index (χ1n) is 11.4. The number of halogens is 1. The highest BCUT2D eigenvalue weighted by atomic mass is 35.5. The molecule has 4 aromatic rings. The average Bonchev–Trinajstić information content (AvgIpc) is 3.21. The lowest BCUT2D eigenvalue weighted by molar-refractivity contribution is -0.122. The van der Waals surface area contributed by atoms with Crippen LogP contribution in [0.1, 0.15) is 11.1 Å². The van der Waals surface area contributed by atoms with E-state index >= 15 is 0 Å². The molecule has 2 heterocycles. The Labute approximate surface area is 223 Å². The lowest BCUT2D eigenvalue weighted by atomic mass is 10.1. The number of nitrogens with one attached hydrogen (secondary N) is 2. The largest absolute Gasteiger partial charge is 0.337 e. The molecule has 3 amide bonds. The highest BCUT2D eigenvalue weighted by Crippen LogP contribution is 2.31. The van der Waals surface area contributed by atoms with Gasteiger partial charge in [-0.15, -0.1) is 0 Å². The van der Waals surface area contributed by atoms with Gasteiger partial charge < -0.3 is 9.88 Å². The molecule has 5 rings (SSSR count). The van der Waals surface area contributed by atoms with Crippen molar-refractivity contribution in [2.75, 3.05) is 10.2 Å². The normalized spacial score (nSPS) is 14.8. The molecule has 7 nitrogen and oxygen atoms in total. The number of para-hydroxylation sites is 2. The number of carbonyl (C=O) groups is 3. The molecule has 1 aliphatic rings. The molecule has 184 valence electrons. The minimum atomic E-state index is -0.593. The van der Waals surface area contributed by atoms with Crippen LogP contribution >= 0.6 is 23.8 Å². The molecule has 1 aliphatic heterocycles. The van der Waals surface area contributed by atoms with Gasteiger partial charge in [0, 0.05) is 33.4 Å². The van der Waals surface area contributed by atoms with E-state index in [1.54, 1.807) is 35.9 Å². The molecule has 0 atom stereocenters. The summed E-state index contributed by atoms with van der Waals surface area (Å²) in [6, 6.07) is 21.8. The monoisotopic (exact) mass is 528 g/mol. The molecule has 0 spiro atoms. The smallest absolute Gasteiger partial charge is 0.270 e. The van der Waals surface area contributed by atoms with Crippen molar-refractivity contribution in [3.63, 3.8) is 0 Å². The fraction of sp³-hybridized carbons (Fsp3) is 0.0714. The van der Waals surface area contributed by atoms with Crippen molar-refractivity contribution < 1.29 is 14.4 Å². The predicted molar refractivity (Wildman–Crippen MR) is 149 cm³/mol. The molecule has 1 saturated heterocycles. The number of hydrogen-bond donors (Lipinski definition) is 2. The Morgan fingerprint density at radius 1 is 1.03 bits per heavy atom. The van der Waals surface area contributed by atoms with Gasteiger partial charge >= 0.3 is 0 Å².